The molecule has 4 nitrogen and oxygen atoms in total. The van der Waals surface area contributed by atoms with Crippen molar-refractivity contribution in [1.29, 1.82) is 0 Å². The van der Waals surface area contributed by atoms with Gasteiger partial charge in [0.15, 0.2) is 0 Å². The van der Waals surface area contributed by atoms with Crippen LogP contribution in [0.5, 0.6) is 5.75 Å². The Bertz CT molecular complexity index is 777. The largest absolute Gasteiger partial charge is 1.00 e. The molecule has 0 atom stereocenters. The summed E-state index contributed by atoms with van der Waals surface area (Å²) >= 11 is 12.0. The number of aromatic hydroxyl groups is 1. The van der Waals surface area contributed by atoms with Gasteiger partial charge in [-0.2, -0.15) is 0 Å². The number of carboxylic acids is 1. The quantitative estimate of drug-likeness (QED) is 0.442. The molecule has 0 saturated heterocycles. The molecular weight excluding hydrogens is 372 g/mol. The van der Waals surface area contributed by atoms with Gasteiger partial charge in [0, 0.05) is 33.7 Å². The number of carbonyl (C=O) groups is 1. The molecule has 25 heavy (non-hydrogen) atoms. The number of hydrogen-bond acceptors (Lipinski definition) is 4. The van der Waals surface area contributed by atoms with Gasteiger partial charge in [0.1, 0.15) is 5.75 Å². The first-order chi connectivity index (χ1) is 11.4. The Labute approximate surface area is 178 Å². The summed E-state index contributed by atoms with van der Waals surface area (Å²) in [5.74, 6) is -1.02. The van der Waals surface area contributed by atoms with Crippen molar-refractivity contribution in [3.05, 3.63) is 63.1 Å². The molecule has 0 aromatic heterocycles. The number of carbonyl (C=O) groups excluding carboxylic acids is 1. The summed E-state index contributed by atoms with van der Waals surface area (Å²) in [6.45, 7) is 2.04. The SMILES string of the molecule is Cc1cc(Cl)cc(C(=NCCCC(=O)[O-])c2ccc(Cl)cc2)c1O.[Na+]. The van der Waals surface area contributed by atoms with Gasteiger partial charge in [0.2, 0.25) is 0 Å². The van der Waals surface area contributed by atoms with Gasteiger partial charge >= 0.3 is 29.6 Å². The van der Waals surface area contributed by atoms with Gasteiger partial charge in [-0.3, -0.25) is 4.99 Å². The molecule has 2 aromatic carbocycles. The molecular formula is C18H16Cl2NNaO3. The Morgan fingerprint density at radius 3 is 2.40 bits per heavy atom. The number of phenolic OH excluding ortho intramolecular Hbond substituents is 1. The van der Waals surface area contributed by atoms with Crippen molar-refractivity contribution >= 4 is 34.9 Å². The number of phenols is 1. The van der Waals surface area contributed by atoms with Crippen LogP contribution >= 0.6 is 23.2 Å². The third-order valence-electron chi connectivity index (χ3n) is 3.45. The van der Waals surface area contributed by atoms with Crippen LogP contribution in [0.3, 0.4) is 0 Å². The van der Waals surface area contributed by atoms with Crippen LogP contribution in [-0.4, -0.2) is 23.3 Å². The number of halogens is 2. The van der Waals surface area contributed by atoms with E-state index in [0.717, 1.165) is 5.56 Å². The van der Waals surface area contributed by atoms with E-state index >= 15 is 0 Å². The van der Waals surface area contributed by atoms with Crippen LogP contribution in [0.15, 0.2) is 41.4 Å². The minimum Gasteiger partial charge on any atom is -0.550 e. The van der Waals surface area contributed by atoms with Crippen LogP contribution in [0, 0.1) is 6.92 Å². The molecule has 0 aliphatic carbocycles. The van der Waals surface area contributed by atoms with Crippen LogP contribution in [0.25, 0.3) is 0 Å². The van der Waals surface area contributed by atoms with E-state index < -0.39 is 5.97 Å². The molecule has 0 saturated carbocycles. The maximum absolute atomic E-state index is 10.5. The predicted molar refractivity (Wildman–Crippen MR) is 94.1 cm³/mol. The molecule has 2 rings (SSSR count). The minimum atomic E-state index is -1.11. The minimum absolute atomic E-state index is 0. The molecule has 0 radical (unpaired) electrons. The van der Waals surface area contributed by atoms with Gasteiger partial charge in [-0.15, -0.1) is 0 Å². The number of hydrogen-bond donors (Lipinski definition) is 1. The molecule has 0 bridgehead atoms. The van der Waals surface area contributed by atoms with Crippen LogP contribution in [0.2, 0.25) is 10.0 Å². The van der Waals surface area contributed by atoms with Crippen molar-refractivity contribution in [3.8, 4) is 5.75 Å². The summed E-state index contributed by atoms with van der Waals surface area (Å²) in [5, 5.41) is 22.0. The van der Waals surface area contributed by atoms with E-state index in [4.69, 9.17) is 23.2 Å². The Hall–Kier alpha value is -1.04. The zero-order valence-electron chi connectivity index (χ0n) is 14.1. The first-order valence-corrected chi connectivity index (χ1v) is 8.14. The molecule has 0 heterocycles. The van der Waals surface area contributed by atoms with E-state index in [1.165, 1.54) is 0 Å². The number of aryl methyl sites for hydroxylation is 1. The molecule has 0 aliphatic heterocycles. The second-order valence-corrected chi connectivity index (χ2v) is 6.20. The molecule has 0 fully saturated rings. The van der Waals surface area contributed by atoms with Crippen molar-refractivity contribution < 1.29 is 44.6 Å². The molecule has 2 aromatic rings. The molecule has 0 unspecified atom stereocenters. The Morgan fingerprint density at radius 1 is 1.16 bits per heavy atom. The fourth-order valence-corrected chi connectivity index (χ4v) is 2.67. The molecule has 1 N–H and O–H groups in total. The monoisotopic (exact) mass is 387 g/mol. The van der Waals surface area contributed by atoms with E-state index in [-0.39, 0.29) is 48.3 Å². The second kappa shape index (κ2) is 10.2. The van der Waals surface area contributed by atoms with Crippen LogP contribution in [0.4, 0.5) is 0 Å². The van der Waals surface area contributed by atoms with Crippen molar-refractivity contribution in [2.24, 2.45) is 4.99 Å². The van der Waals surface area contributed by atoms with Gasteiger partial charge in [-0.05, 0) is 49.6 Å². The number of benzene rings is 2. The molecule has 126 valence electrons. The molecule has 0 aliphatic rings. The first kappa shape index (κ1) is 22.0. The predicted octanol–water partition coefficient (Wildman–Crippen LogP) is 0.379. The van der Waals surface area contributed by atoms with E-state index in [0.29, 0.717) is 33.3 Å². The van der Waals surface area contributed by atoms with Crippen LogP contribution in [-0.2, 0) is 4.79 Å². The van der Waals surface area contributed by atoms with Gasteiger partial charge in [0.05, 0.1) is 5.71 Å². The fourth-order valence-electron chi connectivity index (χ4n) is 2.27. The third-order valence-corrected chi connectivity index (χ3v) is 3.92. The van der Waals surface area contributed by atoms with Crippen molar-refractivity contribution in [1.82, 2.24) is 0 Å². The summed E-state index contributed by atoms with van der Waals surface area (Å²) in [6, 6.07) is 10.3. The maximum atomic E-state index is 10.5. The molecule has 0 amide bonds. The molecule has 0 spiro atoms. The van der Waals surface area contributed by atoms with Crippen LogP contribution < -0.4 is 34.7 Å². The number of rotatable bonds is 6. The average Bonchev–Trinajstić information content (AvgIpc) is 2.52. The number of carboxylic acid groups (broad SMARTS) is 1. The Morgan fingerprint density at radius 2 is 1.80 bits per heavy atom. The first-order valence-electron chi connectivity index (χ1n) is 7.38. The molecule has 7 heteroatoms. The number of aliphatic carboxylic acids is 1. The standard InChI is InChI=1S/C18H17Cl2NO3.Na/c1-11-9-14(20)10-15(18(11)24)17(21-8-2-3-16(22)23)12-4-6-13(19)7-5-12;/h4-7,9-10,24H,2-3,8H2,1H3,(H,22,23);/q;+1/p-1. The van der Waals surface area contributed by atoms with Gasteiger partial charge in [-0.1, -0.05) is 35.3 Å². The third kappa shape index (κ3) is 6.32. The van der Waals surface area contributed by atoms with Crippen molar-refractivity contribution in [2.45, 2.75) is 19.8 Å². The van der Waals surface area contributed by atoms with Gasteiger partial charge < -0.3 is 15.0 Å². The van der Waals surface area contributed by atoms with Crippen molar-refractivity contribution in [2.75, 3.05) is 6.54 Å². The summed E-state index contributed by atoms with van der Waals surface area (Å²) in [7, 11) is 0. The zero-order chi connectivity index (χ0) is 17.7. The summed E-state index contributed by atoms with van der Waals surface area (Å²) < 4.78 is 0. The number of nitrogens with zero attached hydrogens (tertiary/aromatic N) is 1. The van der Waals surface area contributed by atoms with E-state index in [1.807, 2.05) is 0 Å². The average molecular weight is 388 g/mol. The van der Waals surface area contributed by atoms with E-state index in [1.54, 1.807) is 43.3 Å². The van der Waals surface area contributed by atoms with Gasteiger partial charge in [0.25, 0.3) is 0 Å². The normalized spacial score (nSPS) is 11.1. The topological polar surface area (TPSA) is 72.7 Å². The summed E-state index contributed by atoms with van der Waals surface area (Å²) in [5.41, 5.74) is 2.42. The summed E-state index contributed by atoms with van der Waals surface area (Å²) in [6.07, 6.45) is 0.275. The smallest absolute Gasteiger partial charge is 0.550 e. The van der Waals surface area contributed by atoms with Gasteiger partial charge in [-0.25, -0.2) is 0 Å². The van der Waals surface area contributed by atoms with E-state index in [2.05, 4.69) is 4.99 Å². The summed E-state index contributed by atoms with van der Waals surface area (Å²) in [4.78, 5) is 15.0. The second-order valence-electron chi connectivity index (χ2n) is 5.33. The zero-order valence-corrected chi connectivity index (χ0v) is 17.6. The maximum Gasteiger partial charge on any atom is 1.00 e. The Balaban J connectivity index is 0.00000312. The van der Waals surface area contributed by atoms with Crippen LogP contribution in [0.1, 0.15) is 29.5 Å². The van der Waals surface area contributed by atoms with E-state index in [9.17, 15) is 15.0 Å². The number of aliphatic imine (C=N–C) groups is 1. The fraction of sp³-hybridized carbons (Fsp3) is 0.222. The Kier molecular flexibility index (Phi) is 8.97. The van der Waals surface area contributed by atoms with Crippen molar-refractivity contribution in [3.63, 3.8) is 0 Å².